The molecular formula is CH3ClHfO11P4+4. The first-order chi connectivity index (χ1) is 7.67. The van der Waals surface area contributed by atoms with Crippen molar-refractivity contribution in [2.24, 2.45) is 0 Å². The summed E-state index contributed by atoms with van der Waals surface area (Å²) < 4.78 is 43.3. The Morgan fingerprint density at radius 1 is 0.833 bits per heavy atom. The zero-order valence-electron chi connectivity index (χ0n) is 7.90. The fourth-order valence-electron chi connectivity index (χ4n) is 0.109. The van der Waals surface area contributed by atoms with Crippen LogP contribution in [0.25, 0.3) is 0 Å². The minimum Gasteiger partial charge on any atom is -0.563 e. The number of hydrogen-bond donors (Lipinski definition) is 1. The van der Waals surface area contributed by atoms with Gasteiger partial charge in [-0.05, 0) is 18.3 Å². The van der Waals surface area contributed by atoms with E-state index in [0.717, 1.165) is 0 Å². The number of hydrogen-bond acceptors (Lipinski definition) is 11. The Hall–Kier alpha value is 1.28. The molecule has 0 aliphatic carbocycles. The molecular weight excluding hydrogens is 526 g/mol. The SMILES string of the molecule is O=[P+]([O-])O[P+](=O)[O-].O=[P+]([O-])O[P+](=O)[O-].OCCl.[Hf+4]. The van der Waals surface area contributed by atoms with E-state index in [1.807, 2.05) is 0 Å². The van der Waals surface area contributed by atoms with E-state index in [-0.39, 0.29) is 31.9 Å². The molecule has 17 heteroatoms. The van der Waals surface area contributed by atoms with Crippen LogP contribution in [0.5, 0.6) is 0 Å². The van der Waals surface area contributed by atoms with Gasteiger partial charge in [0.1, 0.15) is 14.7 Å². The van der Waals surface area contributed by atoms with E-state index < -0.39 is 33.0 Å². The van der Waals surface area contributed by atoms with E-state index in [1.165, 1.54) is 0 Å². The van der Waals surface area contributed by atoms with Crippen LogP contribution in [0.1, 0.15) is 0 Å². The second kappa shape index (κ2) is 20.6. The van der Waals surface area contributed by atoms with Crippen LogP contribution in [0.15, 0.2) is 0 Å². The van der Waals surface area contributed by atoms with Crippen LogP contribution in [-0.2, 0) is 52.7 Å². The third-order valence-electron chi connectivity index (χ3n) is 0.267. The average Bonchev–Trinajstić information content (AvgIpc) is 1.99. The van der Waals surface area contributed by atoms with Crippen LogP contribution in [0.3, 0.4) is 0 Å². The Morgan fingerprint density at radius 3 is 0.944 bits per heavy atom. The van der Waals surface area contributed by atoms with Gasteiger partial charge in [-0.1, -0.05) is 11.6 Å². The molecule has 0 saturated carbocycles. The molecule has 0 bridgehead atoms. The fourth-order valence-corrected chi connectivity index (χ4v) is 0.980. The largest absolute Gasteiger partial charge is 4.00 e. The van der Waals surface area contributed by atoms with E-state index in [4.69, 9.17) is 5.11 Å². The van der Waals surface area contributed by atoms with E-state index in [1.54, 1.807) is 0 Å². The Balaban J connectivity index is -0.0000000857. The third kappa shape index (κ3) is 53.2. The van der Waals surface area contributed by atoms with Crippen LogP contribution in [-0.4, -0.2) is 11.2 Å². The molecule has 11 nitrogen and oxygen atoms in total. The Kier molecular flexibility index (Phi) is 31.6. The van der Waals surface area contributed by atoms with Crippen molar-refractivity contribution in [3.63, 3.8) is 0 Å². The summed E-state index contributed by atoms with van der Waals surface area (Å²) in [6, 6.07) is -0.278. The predicted molar refractivity (Wildman–Crippen MR) is 45.5 cm³/mol. The van der Waals surface area contributed by atoms with Gasteiger partial charge in [0.05, 0.1) is 0 Å². The van der Waals surface area contributed by atoms with Gasteiger partial charge < -0.3 is 24.7 Å². The van der Waals surface area contributed by atoms with Crippen molar-refractivity contribution in [3.05, 3.63) is 0 Å². The summed E-state index contributed by atoms with van der Waals surface area (Å²) in [7, 11) is -12.9. The summed E-state index contributed by atoms with van der Waals surface area (Å²) in [6.45, 7) is 0. The minimum absolute atomic E-state index is 0. The van der Waals surface area contributed by atoms with Crippen molar-refractivity contribution in [1.82, 2.24) is 0 Å². The number of aliphatic hydroxyl groups excluding tert-OH is 1. The molecule has 0 rings (SSSR count). The van der Waals surface area contributed by atoms with Crippen LogP contribution in [0, 0.1) is 0 Å². The van der Waals surface area contributed by atoms with E-state index in [9.17, 15) is 37.8 Å². The van der Waals surface area contributed by atoms with Gasteiger partial charge in [0.15, 0.2) is 0 Å². The smallest absolute Gasteiger partial charge is 0.563 e. The Bertz CT molecular complexity index is 220. The van der Waals surface area contributed by atoms with Crippen molar-refractivity contribution < 1.29 is 77.4 Å². The van der Waals surface area contributed by atoms with Gasteiger partial charge in [0, 0.05) is 0 Å². The molecule has 4 unspecified atom stereocenters. The van der Waals surface area contributed by atoms with Gasteiger partial charge >= 0.3 is 58.9 Å². The molecule has 100 valence electrons. The second-order valence-electron chi connectivity index (χ2n) is 1.18. The number of rotatable bonds is 4. The van der Waals surface area contributed by atoms with Crippen LogP contribution in [0.4, 0.5) is 0 Å². The molecule has 0 aromatic rings. The van der Waals surface area contributed by atoms with Gasteiger partial charge in [0.2, 0.25) is 0 Å². The van der Waals surface area contributed by atoms with Gasteiger partial charge in [-0.15, -0.1) is 0 Å². The topological polar surface area (TPSA) is 199 Å². The molecule has 0 aromatic carbocycles. The summed E-state index contributed by atoms with van der Waals surface area (Å²) in [5.74, 6) is 0. The molecule has 0 heterocycles. The number of halogens is 1. The van der Waals surface area contributed by atoms with E-state index in [0.29, 0.717) is 0 Å². The summed E-state index contributed by atoms with van der Waals surface area (Å²) >= 11 is 4.55. The first kappa shape index (κ1) is 27.6. The molecule has 0 aliphatic rings. The van der Waals surface area contributed by atoms with Crippen molar-refractivity contribution in [3.8, 4) is 0 Å². The maximum Gasteiger partial charge on any atom is 4.00 e. The zero-order valence-corrected chi connectivity index (χ0v) is 15.8. The van der Waals surface area contributed by atoms with E-state index >= 15 is 0 Å². The monoisotopic (exact) mass is 530 g/mol. The van der Waals surface area contributed by atoms with Crippen molar-refractivity contribution >= 4 is 44.6 Å². The zero-order chi connectivity index (χ0) is 14.4. The maximum atomic E-state index is 9.24. The van der Waals surface area contributed by atoms with Gasteiger partial charge in [-0.2, -0.15) is 0 Å². The fraction of sp³-hybridized carbons (Fsp3) is 1.00. The average molecular weight is 529 g/mol. The van der Waals surface area contributed by atoms with Crippen molar-refractivity contribution in [1.29, 1.82) is 0 Å². The van der Waals surface area contributed by atoms with Crippen LogP contribution >= 0.6 is 44.6 Å². The molecule has 0 aliphatic heterocycles. The minimum atomic E-state index is -3.24. The summed E-state index contributed by atoms with van der Waals surface area (Å²) in [5, 5.41) is 7.33. The number of aliphatic hydroxyl groups is 1. The Labute approximate surface area is 128 Å². The standard InChI is InChI=1S/CH3ClO.Hf.2O5P2/c2-1-3;;2*1-6(2)5-7(3)4/h3H,1H2;;;/q;+4;;. The molecule has 0 amide bonds. The molecule has 18 heavy (non-hydrogen) atoms. The van der Waals surface area contributed by atoms with Gasteiger partial charge in [0.25, 0.3) is 0 Å². The quantitative estimate of drug-likeness (QED) is 0.246. The van der Waals surface area contributed by atoms with Gasteiger partial charge in [-0.3, -0.25) is 0 Å². The Morgan fingerprint density at radius 2 is 0.944 bits per heavy atom. The predicted octanol–water partition coefficient (Wildman–Crippen LogP) is -1.75. The molecule has 0 saturated heterocycles. The molecule has 0 fully saturated rings. The van der Waals surface area contributed by atoms with Gasteiger partial charge in [-0.25, -0.2) is 0 Å². The summed E-state index contributed by atoms with van der Waals surface area (Å²) in [4.78, 5) is 37.0. The molecule has 0 radical (unpaired) electrons. The van der Waals surface area contributed by atoms with Crippen LogP contribution in [0.2, 0.25) is 0 Å². The van der Waals surface area contributed by atoms with Crippen molar-refractivity contribution in [2.45, 2.75) is 0 Å². The second-order valence-corrected chi connectivity index (χ2v) is 4.51. The third-order valence-corrected chi connectivity index (χ3v) is 2.40. The molecule has 0 aromatic heterocycles. The summed E-state index contributed by atoms with van der Waals surface area (Å²) in [6.07, 6.45) is 0. The first-order valence-corrected chi connectivity index (χ1v) is 7.69. The normalized spacial score (nSPS) is 11.4. The number of alkyl halides is 1. The molecule has 1 N–H and O–H groups in total. The van der Waals surface area contributed by atoms with Crippen molar-refractivity contribution in [2.75, 3.05) is 6.07 Å². The van der Waals surface area contributed by atoms with E-state index in [2.05, 4.69) is 20.2 Å². The van der Waals surface area contributed by atoms with Crippen LogP contribution < -0.4 is 19.6 Å². The first-order valence-electron chi connectivity index (χ1n) is 2.77. The molecule has 0 spiro atoms. The maximum absolute atomic E-state index is 9.24. The molecule has 4 atom stereocenters. The summed E-state index contributed by atoms with van der Waals surface area (Å²) in [5.41, 5.74) is 0.